The van der Waals surface area contributed by atoms with Gasteiger partial charge in [-0.05, 0) is 18.5 Å². The van der Waals surface area contributed by atoms with E-state index in [0.717, 1.165) is 10.8 Å². The minimum Gasteiger partial charge on any atom is -0.371 e. The first-order valence-corrected chi connectivity index (χ1v) is 9.52. The third-order valence-corrected chi connectivity index (χ3v) is 5.49. The summed E-state index contributed by atoms with van der Waals surface area (Å²) in [5.74, 6) is -0.690. The van der Waals surface area contributed by atoms with Crippen LogP contribution in [-0.2, 0) is 11.8 Å². The van der Waals surface area contributed by atoms with Gasteiger partial charge in [-0.25, -0.2) is 0 Å². The summed E-state index contributed by atoms with van der Waals surface area (Å²) < 4.78 is 10.4. The minimum absolute atomic E-state index is 0.0668. The fourth-order valence-electron chi connectivity index (χ4n) is 2.91. The van der Waals surface area contributed by atoms with Crippen molar-refractivity contribution >= 4 is 28.3 Å². The number of amides is 2. The molecule has 2 aromatic heterocycles. The summed E-state index contributed by atoms with van der Waals surface area (Å²) in [4.78, 5) is 39.8. The van der Waals surface area contributed by atoms with Crippen LogP contribution >= 0.6 is 11.5 Å². The fourth-order valence-corrected chi connectivity index (χ4v) is 3.80. The molecule has 2 amide bonds. The zero-order valence-electron chi connectivity index (χ0n) is 15.6. The average molecular weight is 404 g/mol. The van der Waals surface area contributed by atoms with Crippen molar-refractivity contribution in [3.63, 3.8) is 0 Å². The van der Waals surface area contributed by atoms with Crippen LogP contribution in [0.3, 0.4) is 0 Å². The molecule has 3 rings (SSSR count). The smallest absolute Gasteiger partial charge is 0.292 e. The molecular formula is C17H20N6O4S. The summed E-state index contributed by atoms with van der Waals surface area (Å²) in [5.41, 5.74) is 0.741. The van der Waals surface area contributed by atoms with E-state index in [-0.39, 0.29) is 24.6 Å². The molecule has 0 aliphatic carbocycles. The average Bonchev–Trinajstić information content (AvgIpc) is 3.21. The molecule has 3 heterocycles. The van der Waals surface area contributed by atoms with E-state index >= 15 is 0 Å². The number of nitrogens with zero attached hydrogens (tertiary/aromatic N) is 5. The Balaban J connectivity index is 1.84. The number of rotatable bonds is 2. The third kappa shape index (κ3) is 4.07. The molecule has 0 saturated carbocycles. The maximum atomic E-state index is 12.8. The van der Waals surface area contributed by atoms with E-state index in [0.29, 0.717) is 42.4 Å². The van der Waals surface area contributed by atoms with Crippen molar-refractivity contribution in [1.82, 2.24) is 19.3 Å². The van der Waals surface area contributed by atoms with Crippen LogP contribution < -0.4 is 15.8 Å². The highest BCUT2D eigenvalue weighted by Gasteiger charge is 2.25. The van der Waals surface area contributed by atoms with Gasteiger partial charge in [0.2, 0.25) is 11.7 Å². The molecule has 0 bridgehead atoms. The van der Waals surface area contributed by atoms with Gasteiger partial charge in [0.05, 0.1) is 11.8 Å². The Bertz CT molecular complexity index is 985. The van der Waals surface area contributed by atoms with Gasteiger partial charge in [0.15, 0.2) is 0 Å². The third-order valence-electron chi connectivity index (χ3n) is 4.49. The van der Waals surface area contributed by atoms with Gasteiger partial charge in [0.1, 0.15) is 16.6 Å². The van der Waals surface area contributed by atoms with E-state index in [9.17, 15) is 19.6 Å². The lowest BCUT2D eigenvalue weighted by atomic mass is 10.2. The number of carbonyl (C=O) groups excluding carboxylic acids is 2. The van der Waals surface area contributed by atoms with Gasteiger partial charge in [-0.15, -0.1) is 0 Å². The molecular weight excluding hydrogens is 384 g/mol. The largest absolute Gasteiger partial charge is 0.371 e. The molecule has 1 saturated heterocycles. The molecule has 0 unspecified atom stereocenters. The standard InChI is InChI=1S/C17H20N6O4S/c1-11-12(10-18)17(28-20-11)23-6-4-19-14(24)3-5-22(7-8-23)16(26)13-9-15(25)21(2)27-13/h9H,3-8H2,1-2H3,(H,19,24). The Morgan fingerprint density at radius 3 is 2.79 bits per heavy atom. The molecule has 1 aliphatic rings. The van der Waals surface area contributed by atoms with E-state index in [1.54, 1.807) is 6.92 Å². The van der Waals surface area contributed by atoms with Crippen molar-refractivity contribution in [3.8, 4) is 6.07 Å². The Morgan fingerprint density at radius 2 is 2.11 bits per heavy atom. The van der Waals surface area contributed by atoms with E-state index < -0.39 is 11.5 Å². The molecule has 1 N–H and O–H groups in total. The number of nitrogens with one attached hydrogen (secondary N) is 1. The summed E-state index contributed by atoms with van der Waals surface area (Å²) in [7, 11) is 1.42. The van der Waals surface area contributed by atoms with Gasteiger partial charge < -0.3 is 19.6 Å². The number of nitriles is 1. The van der Waals surface area contributed by atoms with Crippen molar-refractivity contribution in [2.75, 3.05) is 37.6 Å². The summed E-state index contributed by atoms with van der Waals surface area (Å²) >= 11 is 1.22. The zero-order chi connectivity index (χ0) is 20.3. The summed E-state index contributed by atoms with van der Waals surface area (Å²) in [5, 5.41) is 12.9. The maximum Gasteiger partial charge on any atom is 0.292 e. The zero-order valence-corrected chi connectivity index (χ0v) is 16.4. The van der Waals surface area contributed by atoms with Gasteiger partial charge in [0.25, 0.3) is 11.5 Å². The van der Waals surface area contributed by atoms with E-state index in [1.807, 2.05) is 4.90 Å². The Labute approximate surface area is 165 Å². The Hall–Kier alpha value is -3.13. The topological polar surface area (TPSA) is 124 Å². The molecule has 148 valence electrons. The first kappa shape index (κ1) is 19.6. The van der Waals surface area contributed by atoms with Crippen molar-refractivity contribution in [3.05, 3.63) is 33.4 Å². The first-order valence-electron chi connectivity index (χ1n) is 8.75. The van der Waals surface area contributed by atoms with Gasteiger partial charge in [-0.2, -0.15) is 14.4 Å². The lowest BCUT2D eigenvalue weighted by Gasteiger charge is -2.29. The van der Waals surface area contributed by atoms with Gasteiger partial charge in [-0.3, -0.25) is 14.4 Å². The van der Waals surface area contributed by atoms with Gasteiger partial charge in [-0.1, -0.05) is 0 Å². The number of carbonyl (C=O) groups is 2. The van der Waals surface area contributed by atoms with Crippen LogP contribution in [0.4, 0.5) is 5.00 Å². The highest BCUT2D eigenvalue weighted by Crippen LogP contribution is 2.27. The molecule has 0 atom stereocenters. The molecule has 2 aromatic rings. The number of aryl methyl sites for hydroxylation is 2. The molecule has 1 aliphatic heterocycles. The van der Waals surface area contributed by atoms with Crippen LogP contribution in [0.5, 0.6) is 0 Å². The van der Waals surface area contributed by atoms with Crippen molar-refractivity contribution in [2.24, 2.45) is 7.05 Å². The second-order valence-electron chi connectivity index (χ2n) is 6.37. The van der Waals surface area contributed by atoms with Crippen LogP contribution in [0.25, 0.3) is 0 Å². The lowest BCUT2D eigenvalue weighted by Crippen LogP contribution is -2.45. The molecule has 1 fully saturated rings. The number of aromatic nitrogens is 2. The monoisotopic (exact) mass is 404 g/mol. The van der Waals surface area contributed by atoms with Crippen LogP contribution in [0.1, 0.15) is 28.2 Å². The first-order chi connectivity index (χ1) is 13.4. The van der Waals surface area contributed by atoms with E-state index in [2.05, 4.69) is 15.8 Å². The number of hydrogen-bond acceptors (Lipinski definition) is 8. The normalized spacial score (nSPS) is 15.8. The predicted molar refractivity (Wildman–Crippen MR) is 101 cm³/mol. The second-order valence-corrected chi connectivity index (χ2v) is 7.13. The molecule has 0 aromatic carbocycles. The predicted octanol–water partition coefficient (Wildman–Crippen LogP) is 0.0836. The van der Waals surface area contributed by atoms with E-state index in [4.69, 9.17) is 4.52 Å². The molecule has 0 radical (unpaired) electrons. The minimum atomic E-state index is -0.452. The summed E-state index contributed by atoms with van der Waals surface area (Å²) in [6, 6.07) is 3.31. The number of anilines is 1. The molecule has 28 heavy (non-hydrogen) atoms. The summed E-state index contributed by atoms with van der Waals surface area (Å²) in [6.07, 6.45) is 0.159. The van der Waals surface area contributed by atoms with Crippen LogP contribution in [-0.4, -0.2) is 58.6 Å². The van der Waals surface area contributed by atoms with Crippen molar-refractivity contribution in [2.45, 2.75) is 13.3 Å². The van der Waals surface area contributed by atoms with Gasteiger partial charge >= 0.3 is 0 Å². The van der Waals surface area contributed by atoms with Crippen molar-refractivity contribution < 1.29 is 14.1 Å². The van der Waals surface area contributed by atoms with E-state index in [1.165, 1.54) is 23.5 Å². The SMILES string of the molecule is Cc1nsc(N2CCNC(=O)CCN(C(=O)c3cc(=O)n(C)o3)CC2)c1C#N. The Morgan fingerprint density at radius 1 is 1.32 bits per heavy atom. The second kappa shape index (κ2) is 8.26. The quantitative estimate of drug-likeness (QED) is 0.752. The highest BCUT2D eigenvalue weighted by atomic mass is 32.1. The van der Waals surface area contributed by atoms with Crippen LogP contribution in [0.15, 0.2) is 15.4 Å². The highest BCUT2D eigenvalue weighted by molar-refractivity contribution is 7.10. The number of hydrogen-bond donors (Lipinski definition) is 1. The summed E-state index contributed by atoms with van der Waals surface area (Å²) in [6.45, 7) is 3.66. The van der Waals surface area contributed by atoms with Crippen LogP contribution in [0, 0.1) is 18.3 Å². The maximum absolute atomic E-state index is 12.8. The molecule has 10 nitrogen and oxygen atoms in total. The van der Waals surface area contributed by atoms with Crippen molar-refractivity contribution in [1.29, 1.82) is 5.26 Å². The van der Waals surface area contributed by atoms with Gasteiger partial charge in [0, 0.05) is 46.2 Å². The molecule has 0 spiro atoms. The lowest BCUT2D eigenvalue weighted by molar-refractivity contribution is -0.121. The van der Waals surface area contributed by atoms with Crippen LogP contribution in [0.2, 0.25) is 0 Å². The fraction of sp³-hybridized carbons (Fsp3) is 0.471. The molecule has 11 heteroatoms. The Kier molecular flexibility index (Phi) is 5.79.